The maximum absolute atomic E-state index is 12.3. The number of hydrogen-bond donors (Lipinski definition) is 2. The van der Waals surface area contributed by atoms with E-state index in [2.05, 4.69) is 15.6 Å². The highest BCUT2D eigenvalue weighted by atomic mass is 32.1. The van der Waals surface area contributed by atoms with Crippen molar-refractivity contribution in [2.45, 2.75) is 20.8 Å². The van der Waals surface area contributed by atoms with Crippen molar-refractivity contribution in [2.75, 3.05) is 17.7 Å². The van der Waals surface area contributed by atoms with Crippen molar-refractivity contribution in [2.24, 2.45) is 0 Å². The molecule has 4 nitrogen and oxygen atoms in total. The summed E-state index contributed by atoms with van der Waals surface area (Å²) in [6, 6.07) is 5.75. The first-order valence-electron chi connectivity index (χ1n) is 6.05. The molecule has 100 valence electrons. The van der Waals surface area contributed by atoms with Crippen molar-refractivity contribution in [3.05, 3.63) is 39.9 Å². The molecule has 0 spiro atoms. The van der Waals surface area contributed by atoms with E-state index in [4.69, 9.17) is 0 Å². The molecular weight excluding hydrogens is 258 g/mol. The minimum absolute atomic E-state index is 0.137. The summed E-state index contributed by atoms with van der Waals surface area (Å²) in [6.45, 7) is 5.90. The zero-order valence-corrected chi connectivity index (χ0v) is 12.3. The van der Waals surface area contributed by atoms with Gasteiger partial charge in [-0.25, -0.2) is 4.98 Å². The van der Waals surface area contributed by atoms with E-state index in [1.165, 1.54) is 11.3 Å². The van der Waals surface area contributed by atoms with Gasteiger partial charge < -0.3 is 5.32 Å². The number of rotatable bonds is 3. The number of hydrogen-bond acceptors (Lipinski definition) is 4. The van der Waals surface area contributed by atoms with E-state index >= 15 is 0 Å². The van der Waals surface area contributed by atoms with E-state index in [1.807, 2.05) is 39.0 Å². The molecule has 1 amide bonds. The number of nitrogens with one attached hydrogen (secondary N) is 2. The molecule has 0 aliphatic heterocycles. The SMILES string of the molecule is CNc1ccc(C)cc1C(=O)Nc1nc(C)c(C)s1. The number of carbonyl (C=O) groups excluding carboxylic acids is 1. The Kier molecular flexibility index (Phi) is 3.85. The minimum Gasteiger partial charge on any atom is -0.387 e. The van der Waals surface area contributed by atoms with Crippen LogP contribution in [0.3, 0.4) is 0 Å². The summed E-state index contributed by atoms with van der Waals surface area (Å²) in [4.78, 5) is 17.7. The van der Waals surface area contributed by atoms with Crippen LogP contribution in [-0.4, -0.2) is 17.9 Å². The molecule has 0 saturated carbocycles. The summed E-state index contributed by atoms with van der Waals surface area (Å²) in [5, 5.41) is 6.52. The van der Waals surface area contributed by atoms with Gasteiger partial charge in [-0.2, -0.15) is 0 Å². The highest BCUT2D eigenvalue weighted by Gasteiger charge is 2.13. The molecule has 5 heteroatoms. The summed E-state index contributed by atoms with van der Waals surface area (Å²) < 4.78 is 0. The molecule has 0 fully saturated rings. The van der Waals surface area contributed by atoms with Gasteiger partial charge in [0, 0.05) is 17.6 Å². The zero-order chi connectivity index (χ0) is 14.0. The van der Waals surface area contributed by atoms with Crippen LogP contribution < -0.4 is 10.6 Å². The van der Waals surface area contributed by atoms with Crippen molar-refractivity contribution >= 4 is 28.1 Å². The van der Waals surface area contributed by atoms with Gasteiger partial charge in [-0.15, -0.1) is 11.3 Å². The highest BCUT2D eigenvalue weighted by molar-refractivity contribution is 7.15. The van der Waals surface area contributed by atoms with E-state index in [9.17, 15) is 4.79 Å². The van der Waals surface area contributed by atoms with Crippen molar-refractivity contribution in [1.29, 1.82) is 0 Å². The van der Waals surface area contributed by atoms with Gasteiger partial charge in [-0.3, -0.25) is 10.1 Å². The van der Waals surface area contributed by atoms with Crippen molar-refractivity contribution in [3.63, 3.8) is 0 Å². The van der Waals surface area contributed by atoms with Crippen LogP contribution in [0, 0.1) is 20.8 Å². The Morgan fingerprint density at radius 1 is 1.26 bits per heavy atom. The van der Waals surface area contributed by atoms with Gasteiger partial charge in [0.1, 0.15) is 0 Å². The van der Waals surface area contributed by atoms with E-state index in [0.717, 1.165) is 21.8 Å². The lowest BCUT2D eigenvalue weighted by Gasteiger charge is -2.09. The minimum atomic E-state index is -0.137. The maximum Gasteiger partial charge on any atom is 0.259 e. The Balaban J connectivity index is 2.27. The van der Waals surface area contributed by atoms with E-state index in [-0.39, 0.29) is 5.91 Å². The van der Waals surface area contributed by atoms with Crippen LogP contribution in [0.15, 0.2) is 18.2 Å². The van der Waals surface area contributed by atoms with Crippen molar-refractivity contribution in [1.82, 2.24) is 4.98 Å². The highest BCUT2D eigenvalue weighted by Crippen LogP contribution is 2.23. The third-order valence-electron chi connectivity index (χ3n) is 2.94. The molecule has 0 radical (unpaired) electrons. The number of benzene rings is 1. The number of nitrogens with zero attached hydrogens (tertiary/aromatic N) is 1. The average Bonchev–Trinajstić information content (AvgIpc) is 2.68. The van der Waals surface area contributed by atoms with Gasteiger partial charge in [0.15, 0.2) is 5.13 Å². The van der Waals surface area contributed by atoms with Crippen LogP contribution in [0.2, 0.25) is 0 Å². The van der Waals surface area contributed by atoms with Gasteiger partial charge in [-0.1, -0.05) is 11.6 Å². The fourth-order valence-corrected chi connectivity index (χ4v) is 2.56. The Morgan fingerprint density at radius 2 is 2.00 bits per heavy atom. The Bertz CT molecular complexity index is 600. The van der Waals surface area contributed by atoms with Crippen LogP contribution in [0.1, 0.15) is 26.5 Å². The topological polar surface area (TPSA) is 54.0 Å². The molecule has 19 heavy (non-hydrogen) atoms. The average molecular weight is 275 g/mol. The van der Waals surface area contributed by atoms with Crippen LogP contribution in [0.25, 0.3) is 0 Å². The van der Waals surface area contributed by atoms with Crippen molar-refractivity contribution < 1.29 is 4.79 Å². The van der Waals surface area contributed by atoms with E-state index in [0.29, 0.717) is 10.7 Å². The van der Waals surface area contributed by atoms with Gasteiger partial charge >= 0.3 is 0 Å². The quantitative estimate of drug-likeness (QED) is 0.903. The molecule has 1 aromatic heterocycles. The lowest BCUT2D eigenvalue weighted by Crippen LogP contribution is -2.14. The fourth-order valence-electron chi connectivity index (χ4n) is 1.75. The Morgan fingerprint density at radius 3 is 2.58 bits per heavy atom. The van der Waals surface area contributed by atoms with Crippen LogP contribution >= 0.6 is 11.3 Å². The first kappa shape index (κ1) is 13.5. The molecule has 2 N–H and O–H groups in total. The number of aromatic nitrogens is 1. The second kappa shape index (κ2) is 5.40. The lowest BCUT2D eigenvalue weighted by atomic mass is 10.1. The van der Waals surface area contributed by atoms with E-state index in [1.54, 1.807) is 7.05 Å². The molecule has 2 aromatic rings. The van der Waals surface area contributed by atoms with Crippen LogP contribution in [-0.2, 0) is 0 Å². The molecule has 0 bridgehead atoms. The number of aryl methyl sites for hydroxylation is 3. The monoisotopic (exact) mass is 275 g/mol. The molecule has 2 rings (SSSR count). The largest absolute Gasteiger partial charge is 0.387 e. The molecular formula is C14H17N3OS. The summed E-state index contributed by atoms with van der Waals surface area (Å²) in [5.74, 6) is -0.137. The molecule has 0 aliphatic carbocycles. The van der Waals surface area contributed by atoms with Crippen molar-refractivity contribution in [3.8, 4) is 0 Å². The summed E-state index contributed by atoms with van der Waals surface area (Å²) in [5.41, 5.74) is 3.45. The van der Waals surface area contributed by atoms with Crippen LogP contribution in [0.5, 0.6) is 0 Å². The Hall–Kier alpha value is -1.88. The summed E-state index contributed by atoms with van der Waals surface area (Å²) in [6.07, 6.45) is 0. The molecule has 0 saturated heterocycles. The zero-order valence-electron chi connectivity index (χ0n) is 11.5. The fraction of sp³-hybridized carbons (Fsp3) is 0.286. The Labute approximate surface area is 116 Å². The number of thiazole rings is 1. The van der Waals surface area contributed by atoms with Crippen LogP contribution in [0.4, 0.5) is 10.8 Å². The second-order valence-corrected chi connectivity index (χ2v) is 5.62. The summed E-state index contributed by atoms with van der Waals surface area (Å²) in [7, 11) is 1.80. The van der Waals surface area contributed by atoms with Gasteiger partial charge in [0.2, 0.25) is 0 Å². The first-order chi connectivity index (χ1) is 9.01. The van der Waals surface area contributed by atoms with E-state index < -0.39 is 0 Å². The maximum atomic E-state index is 12.3. The van der Waals surface area contributed by atoms with Gasteiger partial charge in [0.05, 0.1) is 11.3 Å². The number of amides is 1. The van der Waals surface area contributed by atoms with Gasteiger partial charge in [-0.05, 0) is 32.9 Å². The predicted molar refractivity (Wildman–Crippen MR) is 80.3 cm³/mol. The standard InChI is InChI=1S/C14H17N3OS/c1-8-5-6-12(15-4)11(7-8)13(18)17-14-16-9(2)10(3)19-14/h5-7,15H,1-4H3,(H,16,17,18). The molecule has 1 heterocycles. The molecule has 0 atom stereocenters. The second-order valence-electron chi connectivity index (χ2n) is 4.41. The predicted octanol–water partition coefficient (Wildman–Crippen LogP) is 3.36. The molecule has 0 unspecified atom stereocenters. The summed E-state index contributed by atoms with van der Waals surface area (Å²) >= 11 is 1.49. The number of carbonyl (C=O) groups is 1. The molecule has 0 aliphatic rings. The third-order valence-corrected chi connectivity index (χ3v) is 3.93. The smallest absolute Gasteiger partial charge is 0.259 e. The normalized spacial score (nSPS) is 10.3. The van der Waals surface area contributed by atoms with Gasteiger partial charge in [0.25, 0.3) is 5.91 Å². The lowest BCUT2D eigenvalue weighted by molar-refractivity contribution is 0.102. The number of anilines is 2. The molecule has 1 aromatic carbocycles. The first-order valence-corrected chi connectivity index (χ1v) is 6.86. The third kappa shape index (κ3) is 2.93.